The Bertz CT molecular complexity index is 729. The van der Waals surface area contributed by atoms with E-state index in [9.17, 15) is 18.4 Å². The second kappa shape index (κ2) is 6.16. The number of hydrogen-bond acceptors (Lipinski definition) is 2. The first-order valence-electron chi connectivity index (χ1n) is 7.16. The molecule has 23 heavy (non-hydrogen) atoms. The van der Waals surface area contributed by atoms with Gasteiger partial charge in [0, 0.05) is 18.7 Å². The lowest BCUT2D eigenvalue weighted by molar-refractivity contribution is -0.122. The van der Waals surface area contributed by atoms with E-state index in [-0.39, 0.29) is 18.9 Å². The van der Waals surface area contributed by atoms with E-state index in [0.717, 1.165) is 17.0 Å². The molecule has 1 aliphatic heterocycles. The van der Waals surface area contributed by atoms with Crippen LogP contribution >= 0.6 is 0 Å². The highest BCUT2D eigenvalue weighted by Gasteiger charge is 2.37. The van der Waals surface area contributed by atoms with Gasteiger partial charge in [-0.2, -0.15) is 0 Å². The molecule has 6 heteroatoms. The lowest BCUT2D eigenvalue weighted by Crippen LogP contribution is -2.29. The van der Waals surface area contributed by atoms with Gasteiger partial charge in [0.1, 0.15) is 17.3 Å². The van der Waals surface area contributed by atoms with Crippen molar-refractivity contribution in [2.45, 2.75) is 6.42 Å². The molecule has 1 aliphatic rings. The van der Waals surface area contributed by atoms with Gasteiger partial charge in [0.25, 0.3) is 0 Å². The van der Waals surface area contributed by atoms with Crippen LogP contribution in [0.3, 0.4) is 0 Å². The third-order valence-corrected chi connectivity index (χ3v) is 3.74. The van der Waals surface area contributed by atoms with Crippen molar-refractivity contribution in [2.75, 3.05) is 16.8 Å². The fourth-order valence-electron chi connectivity index (χ4n) is 2.61. The average Bonchev–Trinajstić information content (AvgIpc) is 2.90. The Labute approximate surface area is 131 Å². The summed E-state index contributed by atoms with van der Waals surface area (Å²) in [5.74, 6) is -3.10. The van der Waals surface area contributed by atoms with Gasteiger partial charge in [-0.05, 0) is 24.3 Å². The van der Waals surface area contributed by atoms with Gasteiger partial charge in [-0.25, -0.2) is 8.78 Å². The number of para-hydroxylation sites is 2. The molecule has 0 aliphatic carbocycles. The summed E-state index contributed by atoms with van der Waals surface area (Å²) in [6.07, 6.45) is -0.0769. The molecule has 1 atom stereocenters. The number of carbonyl (C=O) groups is 2. The van der Waals surface area contributed by atoms with Gasteiger partial charge in [0.05, 0.1) is 5.92 Å². The monoisotopic (exact) mass is 316 g/mol. The zero-order chi connectivity index (χ0) is 16.4. The van der Waals surface area contributed by atoms with E-state index in [0.29, 0.717) is 5.69 Å². The van der Waals surface area contributed by atoms with Crippen molar-refractivity contribution >= 4 is 23.2 Å². The Hall–Kier alpha value is -2.76. The molecule has 1 fully saturated rings. The van der Waals surface area contributed by atoms with Crippen LogP contribution < -0.4 is 10.2 Å². The van der Waals surface area contributed by atoms with Crippen LogP contribution in [0.2, 0.25) is 0 Å². The van der Waals surface area contributed by atoms with Crippen molar-refractivity contribution in [1.82, 2.24) is 0 Å². The second-order valence-corrected chi connectivity index (χ2v) is 5.33. The summed E-state index contributed by atoms with van der Waals surface area (Å²) in [6, 6.07) is 12.2. The zero-order valence-electron chi connectivity index (χ0n) is 12.1. The Kier molecular flexibility index (Phi) is 4.06. The number of halogens is 2. The van der Waals surface area contributed by atoms with Gasteiger partial charge in [-0.1, -0.05) is 24.3 Å². The second-order valence-electron chi connectivity index (χ2n) is 5.33. The van der Waals surface area contributed by atoms with Crippen LogP contribution in [0.5, 0.6) is 0 Å². The quantitative estimate of drug-likeness (QED) is 0.946. The summed E-state index contributed by atoms with van der Waals surface area (Å²) < 4.78 is 27.6. The molecular weight excluding hydrogens is 302 g/mol. The van der Waals surface area contributed by atoms with E-state index in [4.69, 9.17) is 0 Å². The summed E-state index contributed by atoms with van der Waals surface area (Å²) in [4.78, 5) is 25.3. The van der Waals surface area contributed by atoms with E-state index in [1.807, 2.05) is 6.07 Å². The fourth-order valence-corrected chi connectivity index (χ4v) is 2.61. The molecule has 0 spiro atoms. The first kappa shape index (κ1) is 15.1. The standard InChI is InChI=1S/C17H14F2N2O2/c18-13-7-4-8-14(19)16(13)21-10-11(9-15(21)22)17(23)20-12-5-2-1-3-6-12/h1-8,11H,9-10H2,(H,20,23). The lowest BCUT2D eigenvalue weighted by Gasteiger charge is -2.18. The number of nitrogens with zero attached hydrogens (tertiary/aromatic N) is 1. The minimum absolute atomic E-state index is 0.0463. The normalized spacial score (nSPS) is 17.4. The van der Waals surface area contributed by atoms with Crippen LogP contribution in [0.4, 0.5) is 20.2 Å². The number of rotatable bonds is 3. The third kappa shape index (κ3) is 3.06. The Morgan fingerprint density at radius 3 is 2.35 bits per heavy atom. The van der Waals surface area contributed by atoms with Crippen molar-refractivity contribution in [3.63, 3.8) is 0 Å². The maximum absolute atomic E-state index is 13.8. The van der Waals surface area contributed by atoms with E-state index in [2.05, 4.69) is 5.32 Å². The molecule has 0 bridgehead atoms. The van der Waals surface area contributed by atoms with Gasteiger partial charge >= 0.3 is 0 Å². The van der Waals surface area contributed by atoms with Crippen LogP contribution in [0.25, 0.3) is 0 Å². The molecule has 0 saturated carbocycles. The van der Waals surface area contributed by atoms with Crippen molar-refractivity contribution in [1.29, 1.82) is 0 Å². The maximum Gasteiger partial charge on any atom is 0.229 e. The number of anilines is 2. The molecule has 4 nitrogen and oxygen atoms in total. The number of hydrogen-bond donors (Lipinski definition) is 1. The smallest absolute Gasteiger partial charge is 0.229 e. The largest absolute Gasteiger partial charge is 0.326 e. The average molecular weight is 316 g/mol. The van der Waals surface area contributed by atoms with Crippen LogP contribution in [0, 0.1) is 17.6 Å². The molecule has 1 saturated heterocycles. The topological polar surface area (TPSA) is 49.4 Å². The minimum Gasteiger partial charge on any atom is -0.326 e. The number of benzene rings is 2. The summed E-state index contributed by atoms with van der Waals surface area (Å²) in [6.45, 7) is -0.0463. The Balaban J connectivity index is 1.76. The molecule has 118 valence electrons. The van der Waals surface area contributed by atoms with Gasteiger partial charge in [-0.15, -0.1) is 0 Å². The number of nitrogens with one attached hydrogen (secondary N) is 1. The molecule has 2 aromatic carbocycles. The van der Waals surface area contributed by atoms with E-state index in [1.54, 1.807) is 24.3 Å². The number of carbonyl (C=O) groups excluding carboxylic acids is 2. The molecule has 1 heterocycles. The third-order valence-electron chi connectivity index (χ3n) is 3.74. The molecule has 1 N–H and O–H groups in total. The first-order chi connectivity index (χ1) is 11.1. The summed E-state index contributed by atoms with van der Waals surface area (Å²) in [5.41, 5.74) is 0.216. The highest BCUT2D eigenvalue weighted by molar-refractivity contribution is 6.03. The number of amides is 2. The molecule has 2 amide bonds. The summed E-state index contributed by atoms with van der Waals surface area (Å²) in [7, 11) is 0. The van der Waals surface area contributed by atoms with Crippen molar-refractivity contribution in [2.24, 2.45) is 5.92 Å². The fraction of sp³-hybridized carbons (Fsp3) is 0.176. The van der Waals surface area contributed by atoms with E-state index in [1.165, 1.54) is 6.07 Å². The lowest BCUT2D eigenvalue weighted by atomic mass is 10.1. The van der Waals surface area contributed by atoms with Crippen LogP contribution in [-0.2, 0) is 9.59 Å². The van der Waals surface area contributed by atoms with Crippen molar-refractivity contribution < 1.29 is 18.4 Å². The van der Waals surface area contributed by atoms with Gasteiger partial charge in [0.15, 0.2) is 0 Å². The molecule has 0 aromatic heterocycles. The maximum atomic E-state index is 13.8. The van der Waals surface area contributed by atoms with Gasteiger partial charge in [-0.3, -0.25) is 9.59 Å². The van der Waals surface area contributed by atoms with Gasteiger partial charge in [0.2, 0.25) is 11.8 Å². The SMILES string of the molecule is O=C(Nc1ccccc1)C1CC(=O)N(c2c(F)cccc2F)C1. The highest BCUT2D eigenvalue weighted by atomic mass is 19.1. The predicted molar refractivity (Wildman–Crippen MR) is 81.9 cm³/mol. The molecule has 0 radical (unpaired) electrons. The molecule has 3 rings (SSSR count). The molecular formula is C17H14F2N2O2. The van der Waals surface area contributed by atoms with Crippen molar-refractivity contribution in [3.05, 3.63) is 60.2 Å². The molecule has 1 unspecified atom stereocenters. The first-order valence-corrected chi connectivity index (χ1v) is 7.16. The predicted octanol–water partition coefficient (Wildman–Crippen LogP) is 2.96. The van der Waals surface area contributed by atoms with Crippen LogP contribution in [0.15, 0.2) is 48.5 Å². The Morgan fingerprint density at radius 2 is 1.70 bits per heavy atom. The summed E-state index contributed by atoms with van der Waals surface area (Å²) >= 11 is 0. The van der Waals surface area contributed by atoms with Crippen LogP contribution in [0.1, 0.15) is 6.42 Å². The zero-order valence-corrected chi connectivity index (χ0v) is 12.1. The van der Waals surface area contributed by atoms with E-state index >= 15 is 0 Å². The van der Waals surface area contributed by atoms with E-state index < -0.39 is 29.1 Å². The highest BCUT2D eigenvalue weighted by Crippen LogP contribution is 2.30. The van der Waals surface area contributed by atoms with Crippen molar-refractivity contribution in [3.8, 4) is 0 Å². The van der Waals surface area contributed by atoms with Gasteiger partial charge < -0.3 is 10.2 Å². The van der Waals surface area contributed by atoms with Crippen LogP contribution in [-0.4, -0.2) is 18.4 Å². The molecule has 2 aromatic rings. The minimum atomic E-state index is -0.817. The summed E-state index contributed by atoms with van der Waals surface area (Å²) in [5, 5.41) is 2.70. The Morgan fingerprint density at radius 1 is 1.04 bits per heavy atom.